The molecule has 1 fully saturated rings. The molecule has 0 saturated carbocycles. The third-order valence-electron chi connectivity index (χ3n) is 4.37. The van der Waals surface area contributed by atoms with Crippen molar-refractivity contribution < 1.29 is 9.53 Å². The van der Waals surface area contributed by atoms with Crippen molar-refractivity contribution in [1.82, 2.24) is 4.90 Å². The summed E-state index contributed by atoms with van der Waals surface area (Å²) in [5.74, 6) is 0.000958. The SMILES string of the molecule is CN1CCO[C@](C)([C@H](Nc2ccccc2)c2ccccc2)C1=O. The van der Waals surface area contributed by atoms with Crippen molar-refractivity contribution in [1.29, 1.82) is 0 Å². The van der Waals surface area contributed by atoms with Crippen LogP contribution >= 0.6 is 0 Å². The lowest BCUT2D eigenvalue weighted by Crippen LogP contribution is -2.58. The fourth-order valence-corrected chi connectivity index (χ4v) is 3.03. The van der Waals surface area contributed by atoms with Crippen LogP contribution in [0, 0.1) is 0 Å². The molecule has 0 unspecified atom stereocenters. The van der Waals surface area contributed by atoms with Crippen LogP contribution in [0.3, 0.4) is 0 Å². The lowest BCUT2D eigenvalue weighted by molar-refractivity contribution is -0.169. The number of carbonyl (C=O) groups excluding carboxylic acids is 1. The molecule has 120 valence electrons. The summed E-state index contributed by atoms with van der Waals surface area (Å²) >= 11 is 0. The maximum Gasteiger partial charge on any atom is 0.256 e. The van der Waals surface area contributed by atoms with E-state index in [-0.39, 0.29) is 11.9 Å². The molecule has 1 heterocycles. The van der Waals surface area contributed by atoms with Crippen molar-refractivity contribution in [3.8, 4) is 0 Å². The van der Waals surface area contributed by atoms with Gasteiger partial charge in [0.2, 0.25) is 0 Å². The van der Waals surface area contributed by atoms with Gasteiger partial charge in [-0.3, -0.25) is 4.79 Å². The Morgan fingerprint density at radius 1 is 1.09 bits per heavy atom. The number of amides is 1. The van der Waals surface area contributed by atoms with Crippen LogP contribution in [0.4, 0.5) is 5.69 Å². The predicted octanol–water partition coefficient (Wildman–Crippen LogP) is 3.09. The highest BCUT2D eigenvalue weighted by molar-refractivity contribution is 5.87. The normalized spacial score (nSPS) is 22.7. The van der Waals surface area contributed by atoms with Gasteiger partial charge in [-0.05, 0) is 24.6 Å². The standard InChI is InChI=1S/C19H22N2O2/c1-19(18(22)21(2)13-14-23-19)17(15-9-5-3-6-10-15)20-16-11-7-4-8-12-16/h3-12,17,20H,13-14H2,1-2H3/t17-,19-/m1/s1. The van der Waals surface area contributed by atoms with E-state index in [1.165, 1.54) is 0 Å². The molecule has 0 bridgehead atoms. The van der Waals surface area contributed by atoms with Gasteiger partial charge in [0.25, 0.3) is 5.91 Å². The van der Waals surface area contributed by atoms with Crippen LogP contribution < -0.4 is 5.32 Å². The third-order valence-corrected chi connectivity index (χ3v) is 4.37. The first-order valence-electron chi connectivity index (χ1n) is 7.87. The van der Waals surface area contributed by atoms with Crippen LogP contribution in [0.2, 0.25) is 0 Å². The van der Waals surface area contributed by atoms with Gasteiger partial charge >= 0.3 is 0 Å². The Balaban J connectivity index is 1.99. The number of likely N-dealkylation sites (N-methyl/N-ethyl adjacent to an activating group) is 1. The minimum absolute atomic E-state index is 0.000958. The minimum Gasteiger partial charge on any atom is -0.375 e. The Kier molecular flexibility index (Phi) is 4.35. The number of carbonyl (C=O) groups is 1. The molecule has 2 aromatic carbocycles. The summed E-state index contributed by atoms with van der Waals surface area (Å²) in [7, 11) is 1.83. The predicted molar refractivity (Wildman–Crippen MR) is 91.2 cm³/mol. The molecule has 1 saturated heterocycles. The second kappa shape index (κ2) is 6.42. The van der Waals surface area contributed by atoms with E-state index in [0.29, 0.717) is 13.2 Å². The average molecular weight is 310 g/mol. The molecular weight excluding hydrogens is 288 g/mol. The number of benzene rings is 2. The van der Waals surface area contributed by atoms with Gasteiger partial charge in [0.05, 0.1) is 12.6 Å². The van der Waals surface area contributed by atoms with Crippen molar-refractivity contribution in [3.63, 3.8) is 0 Å². The summed E-state index contributed by atoms with van der Waals surface area (Å²) in [5, 5.41) is 3.48. The van der Waals surface area contributed by atoms with Crippen molar-refractivity contribution in [2.75, 3.05) is 25.5 Å². The fourth-order valence-electron chi connectivity index (χ4n) is 3.03. The van der Waals surface area contributed by atoms with E-state index < -0.39 is 5.60 Å². The molecule has 1 aliphatic rings. The minimum atomic E-state index is -0.940. The molecule has 1 amide bonds. The number of para-hydroxylation sites is 1. The number of anilines is 1. The van der Waals surface area contributed by atoms with E-state index in [9.17, 15) is 4.79 Å². The smallest absolute Gasteiger partial charge is 0.256 e. The molecule has 23 heavy (non-hydrogen) atoms. The van der Waals surface area contributed by atoms with Crippen LogP contribution in [0.1, 0.15) is 18.5 Å². The Bertz CT molecular complexity index is 660. The van der Waals surface area contributed by atoms with Gasteiger partial charge < -0.3 is 15.0 Å². The second-order valence-corrected chi connectivity index (χ2v) is 6.04. The summed E-state index contributed by atoms with van der Waals surface area (Å²) < 4.78 is 5.98. The zero-order valence-electron chi connectivity index (χ0n) is 13.5. The van der Waals surface area contributed by atoms with Gasteiger partial charge in [-0.15, -0.1) is 0 Å². The first-order valence-corrected chi connectivity index (χ1v) is 7.87. The maximum atomic E-state index is 12.8. The van der Waals surface area contributed by atoms with E-state index in [2.05, 4.69) is 5.32 Å². The number of ether oxygens (including phenoxy) is 1. The number of hydrogen-bond acceptors (Lipinski definition) is 3. The van der Waals surface area contributed by atoms with Gasteiger partial charge in [-0.2, -0.15) is 0 Å². The lowest BCUT2D eigenvalue weighted by Gasteiger charge is -2.43. The molecule has 4 nitrogen and oxygen atoms in total. The van der Waals surface area contributed by atoms with Crippen LogP contribution in [0.25, 0.3) is 0 Å². The molecular formula is C19H22N2O2. The van der Waals surface area contributed by atoms with Crippen LogP contribution in [0.5, 0.6) is 0 Å². The highest BCUT2D eigenvalue weighted by Crippen LogP contribution is 2.35. The zero-order chi connectivity index (χ0) is 16.3. The quantitative estimate of drug-likeness (QED) is 0.943. The van der Waals surface area contributed by atoms with Crippen LogP contribution in [-0.4, -0.2) is 36.6 Å². The van der Waals surface area contributed by atoms with Gasteiger partial charge in [-0.25, -0.2) is 0 Å². The highest BCUT2D eigenvalue weighted by Gasteiger charge is 2.47. The van der Waals surface area contributed by atoms with E-state index in [0.717, 1.165) is 11.3 Å². The Labute approximate surface area is 137 Å². The number of rotatable bonds is 4. The van der Waals surface area contributed by atoms with E-state index in [1.807, 2.05) is 74.6 Å². The molecule has 0 radical (unpaired) electrons. The van der Waals surface area contributed by atoms with Crippen molar-refractivity contribution in [2.45, 2.75) is 18.6 Å². The summed E-state index contributed by atoms with van der Waals surface area (Å²) in [4.78, 5) is 14.6. The van der Waals surface area contributed by atoms with Crippen molar-refractivity contribution in [2.24, 2.45) is 0 Å². The first-order chi connectivity index (χ1) is 11.1. The number of morpholine rings is 1. The summed E-state index contributed by atoms with van der Waals surface area (Å²) in [6.45, 7) is 3.04. The molecule has 1 aliphatic heterocycles. The van der Waals surface area contributed by atoms with E-state index in [4.69, 9.17) is 4.74 Å². The van der Waals surface area contributed by atoms with Gasteiger partial charge in [-0.1, -0.05) is 48.5 Å². The number of hydrogen-bond donors (Lipinski definition) is 1. The van der Waals surface area contributed by atoms with Crippen molar-refractivity contribution >= 4 is 11.6 Å². The largest absolute Gasteiger partial charge is 0.375 e. The zero-order valence-corrected chi connectivity index (χ0v) is 13.5. The van der Waals surface area contributed by atoms with Crippen LogP contribution in [-0.2, 0) is 9.53 Å². The summed E-state index contributed by atoms with van der Waals surface area (Å²) in [6.07, 6.45) is 0. The lowest BCUT2D eigenvalue weighted by atomic mass is 9.87. The Morgan fingerprint density at radius 2 is 1.70 bits per heavy atom. The van der Waals surface area contributed by atoms with E-state index >= 15 is 0 Å². The summed E-state index contributed by atoms with van der Waals surface area (Å²) in [6, 6.07) is 19.6. The molecule has 4 heteroatoms. The monoisotopic (exact) mass is 310 g/mol. The van der Waals surface area contributed by atoms with Gasteiger partial charge in [0.15, 0.2) is 5.60 Å². The third kappa shape index (κ3) is 3.08. The fraction of sp³-hybridized carbons (Fsp3) is 0.316. The molecule has 3 rings (SSSR count). The average Bonchev–Trinajstić information content (AvgIpc) is 2.59. The molecule has 0 aromatic heterocycles. The van der Waals surface area contributed by atoms with E-state index in [1.54, 1.807) is 4.90 Å². The van der Waals surface area contributed by atoms with Gasteiger partial charge in [0.1, 0.15) is 0 Å². The van der Waals surface area contributed by atoms with Crippen molar-refractivity contribution in [3.05, 3.63) is 66.2 Å². The first kappa shape index (κ1) is 15.6. The Hall–Kier alpha value is -2.33. The molecule has 1 N–H and O–H groups in total. The highest BCUT2D eigenvalue weighted by atomic mass is 16.5. The maximum absolute atomic E-state index is 12.8. The Morgan fingerprint density at radius 3 is 2.35 bits per heavy atom. The number of nitrogens with one attached hydrogen (secondary N) is 1. The molecule has 2 atom stereocenters. The molecule has 0 aliphatic carbocycles. The molecule has 0 spiro atoms. The van der Waals surface area contributed by atoms with Crippen LogP contribution in [0.15, 0.2) is 60.7 Å². The second-order valence-electron chi connectivity index (χ2n) is 6.04. The topological polar surface area (TPSA) is 41.6 Å². The van der Waals surface area contributed by atoms with Gasteiger partial charge in [0, 0.05) is 19.3 Å². The number of nitrogens with zero attached hydrogens (tertiary/aromatic N) is 1. The molecule has 2 aromatic rings. The summed E-state index contributed by atoms with van der Waals surface area (Å²) in [5.41, 5.74) is 1.05.